The molecule has 0 fully saturated rings. The molecule has 2 N–H and O–H groups in total. The summed E-state index contributed by atoms with van der Waals surface area (Å²) < 4.78 is 7.45. The Morgan fingerprint density at radius 1 is 0.900 bits per heavy atom. The fourth-order valence-corrected chi connectivity index (χ4v) is 4.61. The quantitative estimate of drug-likeness (QED) is 0.238. The summed E-state index contributed by atoms with van der Waals surface area (Å²) in [6.07, 6.45) is 1.95. The Morgan fingerprint density at radius 2 is 1.60 bits per heavy atom. The molecule has 0 saturated heterocycles. The smallest absolute Gasteiger partial charge is 0.335 e. The average Bonchev–Trinajstić information content (AvgIpc) is 3.43. The van der Waals surface area contributed by atoms with E-state index in [1.165, 1.54) is 0 Å². The van der Waals surface area contributed by atoms with Crippen LogP contribution in [-0.2, 0) is 0 Å². The number of aromatic carboxylic acids is 1. The van der Waals surface area contributed by atoms with Gasteiger partial charge in [-0.3, -0.25) is 4.99 Å². The van der Waals surface area contributed by atoms with Crippen LogP contribution < -0.4 is 10.1 Å². The molecule has 0 atom stereocenters. The molecule has 8 nitrogen and oxygen atoms in total. The Labute approximate surface area is 231 Å². The molecule has 0 spiro atoms. The van der Waals surface area contributed by atoms with Crippen LogP contribution in [0, 0.1) is 0 Å². The molecule has 0 amide bonds. The van der Waals surface area contributed by atoms with Gasteiger partial charge in [-0.25, -0.2) is 14.5 Å². The highest BCUT2D eigenvalue weighted by Gasteiger charge is 2.18. The van der Waals surface area contributed by atoms with Gasteiger partial charge in [0, 0.05) is 17.3 Å². The van der Waals surface area contributed by atoms with Crippen molar-refractivity contribution in [1.82, 2.24) is 14.8 Å². The molecular formula is C32H27N5O3. The molecule has 1 aromatic heterocycles. The Morgan fingerprint density at radius 3 is 2.33 bits per heavy atom. The summed E-state index contributed by atoms with van der Waals surface area (Å²) in [6.45, 7) is 4.70. The van der Waals surface area contributed by atoms with Gasteiger partial charge < -0.3 is 15.2 Å². The lowest BCUT2D eigenvalue weighted by Gasteiger charge is -2.12. The maximum absolute atomic E-state index is 11.7. The van der Waals surface area contributed by atoms with Gasteiger partial charge in [0.25, 0.3) is 0 Å². The van der Waals surface area contributed by atoms with Gasteiger partial charge in [-0.2, -0.15) is 0 Å². The van der Waals surface area contributed by atoms with E-state index >= 15 is 0 Å². The van der Waals surface area contributed by atoms with Crippen LogP contribution in [0.4, 0.5) is 11.4 Å². The van der Waals surface area contributed by atoms with E-state index in [0.717, 1.165) is 39.4 Å². The first-order valence-electron chi connectivity index (χ1n) is 13.0. The fourth-order valence-electron chi connectivity index (χ4n) is 4.61. The third-order valence-corrected chi connectivity index (χ3v) is 6.52. The third kappa shape index (κ3) is 5.07. The summed E-state index contributed by atoms with van der Waals surface area (Å²) >= 11 is 0. The number of carbonyl (C=O) groups is 1. The number of carboxylic acids is 1. The largest absolute Gasteiger partial charge is 0.491 e. The number of rotatable bonds is 7. The molecule has 1 aliphatic rings. The van der Waals surface area contributed by atoms with E-state index in [9.17, 15) is 9.90 Å². The van der Waals surface area contributed by atoms with E-state index in [0.29, 0.717) is 23.9 Å². The highest BCUT2D eigenvalue weighted by molar-refractivity contribution is 5.88. The van der Waals surface area contributed by atoms with Gasteiger partial charge >= 0.3 is 5.97 Å². The predicted octanol–water partition coefficient (Wildman–Crippen LogP) is 6.88. The molecule has 8 heteroatoms. The second-order valence-corrected chi connectivity index (χ2v) is 9.72. The van der Waals surface area contributed by atoms with Crippen LogP contribution >= 0.6 is 0 Å². The minimum absolute atomic E-state index is 0.120. The van der Waals surface area contributed by atoms with Crippen molar-refractivity contribution in [2.24, 2.45) is 4.99 Å². The summed E-state index contributed by atoms with van der Waals surface area (Å²) in [4.78, 5) is 21.1. The van der Waals surface area contributed by atoms with Gasteiger partial charge in [0.15, 0.2) is 11.6 Å². The third-order valence-electron chi connectivity index (χ3n) is 6.52. The van der Waals surface area contributed by atoms with Gasteiger partial charge in [0.1, 0.15) is 5.75 Å². The standard InChI is InChI=1S/C32H27N5O3/c1-20(2)40-27-13-10-22(11-14-27)21-6-8-23(9-7-21)31-35-30(24-12-15-28-29(19-24)34-17-16-33-28)36-37(31)26-5-3-4-25(18-26)32(38)39/h3-15,17-20,33H,16H2,1-2H3,(H,38,39). The first-order valence-corrected chi connectivity index (χ1v) is 13.0. The molecule has 2 heterocycles. The molecule has 0 saturated carbocycles. The lowest BCUT2D eigenvalue weighted by molar-refractivity contribution is 0.0697. The first kappa shape index (κ1) is 25.1. The molecule has 5 aromatic rings. The van der Waals surface area contributed by atoms with Crippen LogP contribution in [-0.4, -0.2) is 44.7 Å². The van der Waals surface area contributed by atoms with E-state index < -0.39 is 5.97 Å². The Balaban J connectivity index is 1.40. The van der Waals surface area contributed by atoms with Crippen LogP contribution in [0.15, 0.2) is 96.0 Å². The maximum Gasteiger partial charge on any atom is 0.335 e. The van der Waals surface area contributed by atoms with Crippen LogP contribution in [0.3, 0.4) is 0 Å². The number of carboxylic acid groups (broad SMARTS) is 1. The highest BCUT2D eigenvalue weighted by atomic mass is 16.5. The van der Waals surface area contributed by atoms with Gasteiger partial charge in [0.2, 0.25) is 0 Å². The molecule has 1 aliphatic heterocycles. The van der Waals surface area contributed by atoms with E-state index in [-0.39, 0.29) is 11.7 Å². The van der Waals surface area contributed by atoms with Crippen LogP contribution in [0.5, 0.6) is 5.75 Å². The summed E-state index contributed by atoms with van der Waals surface area (Å²) in [6, 6.07) is 28.7. The van der Waals surface area contributed by atoms with Crippen molar-refractivity contribution in [3.63, 3.8) is 0 Å². The predicted molar refractivity (Wildman–Crippen MR) is 157 cm³/mol. The van der Waals surface area contributed by atoms with Crippen molar-refractivity contribution in [2.75, 3.05) is 11.9 Å². The van der Waals surface area contributed by atoms with Gasteiger partial charge in [-0.15, -0.1) is 5.10 Å². The minimum atomic E-state index is -1.00. The van der Waals surface area contributed by atoms with Crippen LogP contribution in [0.25, 0.3) is 39.6 Å². The molecule has 0 bridgehead atoms. The van der Waals surface area contributed by atoms with Crippen molar-refractivity contribution in [2.45, 2.75) is 20.0 Å². The maximum atomic E-state index is 11.7. The average molecular weight is 530 g/mol. The van der Waals surface area contributed by atoms with E-state index in [1.54, 1.807) is 22.9 Å². The van der Waals surface area contributed by atoms with Gasteiger partial charge in [-0.1, -0.05) is 42.5 Å². The molecule has 0 radical (unpaired) electrons. The number of ether oxygens (including phenoxy) is 1. The monoisotopic (exact) mass is 529 g/mol. The summed E-state index contributed by atoms with van der Waals surface area (Å²) in [5.74, 6) is 0.953. The zero-order valence-electron chi connectivity index (χ0n) is 22.1. The molecule has 4 aromatic carbocycles. The normalized spacial score (nSPS) is 12.2. The molecular weight excluding hydrogens is 502 g/mol. The van der Waals surface area contributed by atoms with E-state index in [2.05, 4.69) is 10.3 Å². The zero-order chi connectivity index (χ0) is 27.6. The Kier molecular flexibility index (Phi) is 6.57. The first-order chi connectivity index (χ1) is 19.4. The number of hydrogen-bond donors (Lipinski definition) is 2. The minimum Gasteiger partial charge on any atom is -0.491 e. The molecule has 6 rings (SSSR count). The summed E-state index contributed by atoms with van der Waals surface area (Å²) in [5, 5.41) is 17.7. The molecule has 0 aliphatic carbocycles. The molecule has 0 unspecified atom stereocenters. The van der Waals surface area contributed by atoms with Crippen molar-refractivity contribution in [3.8, 4) is 45.3 Å². The SMILES string of the molecule is CC(C)Oc1ccc(-c2ccc(-c3nc(-c4ccc5c(c4)N=CCN5)nn3-c3cccc(C(=O)O)c3)cc2)cc1. The van der Waals surface area contributed by atoms with Crippen molar-refractivity contribution in [1.29, 1.82) is 0 Å². The topological polar surface area (TPSA) is 102 Å². The lowest BCUT2D eigenvalue weighted by atomic mass is 10.0. The highest BCUT2D eigenvalue weighted by Crippen LogP contribution is 2.33. The molecule has 198 valence electrons. The summed E-state index contributed by atoms with van der Waals surface area (Å²) in [5.41, 5.74) is 6.35. The van der Waals surface area contributed by atoms with Crippen molar-refractivity contribution >= 4 is 23.6 Å². The number of fused-ring (bicyclic) bond motifs is 1. The Bertz CT molecular complexity index is 1720. The lowest BCUT2D eigenvalue weighted by Crippen LogP contribution is -2.06. The van der Waals surface area contributed by atoms with E-state index in [4.69, 9.17) is 14.8 Å². The van der Waals surface area contributed by atoms with E-state index in [1.807, 2.05) is 92.9 Å². The number of aliphatic imine (C=N–C) groups is 1. The number of nitrogens with zero attached hydrogens (tertiary/aromatic N) is 4. The van der Waals surface area contributed by atoms with Gasteiger partial charge in [0.05, 0.1) is 35.3 Å². The number of anilines is 1. The number of aromatic nitrogens is 3. The summed E-state index contributed by atoms with van der Waals surface area (Å²) in [7, 11) is 0. The fraction of sp³-hybridized carbons (Fsp3) is 0.125. The second-order valence-electron chi connectivity index (χ2n) is 9.72. The zero-order valence-corrected chi connectivity index (χ0v) is 22.1. The van der Waals surface area contributed by atoms with Crippen LogP contribution in [0.2, 0.25) is 0 Å². The Hall–Kier alpha value is -5.24. The molecule has 40 heavy (non-hydrogen) atoms. The van der Waals surface area contributed by atoms with Crippen LogP contribution in [0.1, 0.15) is 24.2 Å². The van der Waals surface area contributed by atoms with Crippen molar-refractivity contribution < 1.29 is 14.6 Å². The van der Waals surface area contributed by atoms with Gasteiger partial charge in [-0.05, 0) is 73.5 Å². The number of hydrogen-bond acceptors (Lipinski definition) is 6. The number of nitrogens with one attached hydrogen (secondary N) is 1. The second kappa shape index (κ2) is 10.5. The number of benzene rings is 4. The van der Waals surface area contributed by atoms with Crippen molar-refractivity contribution in [3.05, 3.63) is 96.6 Å².